The van der Waals surface area contributed by atoms with Crippen LogP contribution in [0.25, 0.3) is 0 Å². The van der Waals surface area contributed by atoms with Crippen molar-refractivity contribution in [3.05, 3.63) is 0 Å². The Morgan fingerprint density at radius 3 is 1.64 bits per heavy atom. The number of hydrogen-bond donors (Lipinski definition) is 0. The third kappa shape index (κ3) is 5.93. The Morgan fingerprint density at radius 2 is 1.20 bits per heavy atom. The van der Waals surface area contributed by atoms with Gasteiger partial charge in [-0.3, -0.25) is 24.0 Å². The van der Waals surface area contributed by atoms with Crippen LogP contribution in [0, 0.1) is 0 Å². The zero-order valence-corrected chi connectivity index (χ0v) is 14.8. The summed E-state index contributed by atoms with van der Waals surface area (Å²) in [6, 6.07) is 0. The molecule has 1 saturated heterocycles. The Morgan fingerprint density at radius 1 is 0.760 bits per heavy atom. The number of esters is 3. The van der Waals surface area contributed by atoms with Crippen molar-refractivity contribution < 1.29 is 42.9 Å². The molecule has 1 aliphatic heterocycles. The maximum atomic E-state index is 11.8. The number of ketones is 2. The fraction of sp³-hybridized carbons (Fsp3) is 0.688. The third-order valence-corrected chi connectivity index (χ3v) is 3.55. The minimum atomic E-state index is -1.20. The van der Waals surface area contributed by atoms with Gasteiger partial charge >= 0.3 is 17.9 Å². The van der Waals surface area contributed by atoms with Crippen molar-refractivity contribution in [3.8, 4) is 0 Å². The van der Waals surface area contributed by atoms with Gasteiger partial charge < -0.3 is 18.9 Å². The van der Waals surface area contributed by atoms with E-state index in [1.54, 1.807) is 6.92 Å². The molecular formula is C16H22O9. The van der Waals surface area contributed by atoms with Crippen molar-refractivity contribution in [1.29, 1.82) is 0 Å². The van der Waals surface area contributed by atoms with Crippen LogP contribution in [0.4, 0.5) is 0 Å². The van der Waals surface area contributed by atoms with E-state index in [0.717, 1.165) is 20.8 Å². The van der Waals surface area contributed by atoms with E-state index in [2.05, 4.69) is 0 Å². The molecular weight excluding hydrogens is 336 g/mol. The zero-order chi connectivity index (χ0) is 19.3. The second kappa shape index (κ2) is 8.70. The van der Waals surface area contributed by atoms with Gasteiger partial charge in [0.15, 0.2) is 24.1 Å². The highest BCUT2D eigenvalue weighted by atomic mass is 16.6. The van der Waals surface area contributed by atoms with Crippen molar-refractivity contribution >= 4 is 29.5 Å². The summed E-state index contributed by atoms with van der Waals surface area (Å²) in [5, 5.41) is 0. The fourth-order valence-electron chi connectivity index (χ4n) is 2.60. The lowest BCUT2D eigenvalue weighted by molar-refractivity contribution is -0.243. The lowest BCUT2D eigenvalue weighted by Gasteiger charge is -2.43. The van der Waals surface area contributed by atoms with Gasteiger partial charge in [0, 0.05) is 34.1 Å². The van der Waals surface area contributed by atoms with E-state index in [-0.39, 0.29) is 6.42 Å². The van der Waals surface area contributed by atoms with Gasteiger partial charge in [0.2, 0.25) is 5.78 Å². The maximum absolute atomic E-state index is 11.8. The topological polar surface area (TPSA) is 122 Å². The van der Waals surface area contributed by atoms with Gasteiger partial charge in [-0.25, -0.2) is 0 Å². The predicted molar refractivity (Wildman–Crippen MR) is 81.3 cm³/mol. The van der Waals surface area contributed by atoms with Gasteiger partial charge in [0.1, 0.15) is 6.10 Å². The molecule has 0 aliphatic carbocycles. The van der Waals surface area contributed by atoms with Gasteiger partial charge in [-0.1, -0.05) is 0 Å². The Balaban J connectivity index is 3.19. The average Bonchev–Trinajstić information content (AvgIpc) is 2.45. The van der Waals surface area contributed by atoms with Crippen LogP contribution in [0.1, 0.15) is 41.0 Å². The molecule has 1 heterocycles. The van der Waals surface area contributed by atoms with Crippen LogP contribution < -0.4 is 0 Å². The van der Waals surface area contributed by atoms with Gasteiger partial charge in [-0.15, -0.1) is 0 Å². The first-order valence-corrected chi connectivity index (χ1v) is 7.73. The van der Waals surface area contributed by atoms with E-state index in [4.69, 9.17) is 18.9 Å². The summed E-state index contributed by atoms with van der Waals surface area (Å²) in [6.45, 7) is 6.11. The van der Waals surface area contributed by atoms with E-state index >= 15 is 0 Å². The first kappa shape index (κ1) is 20.8. The van der Waals surface area contributed by atoms with Crippen LogP contribution >= 0.6 is 0 Å². The molecule has 9 nitrogen and oxygen atoms in total. The van der Waals surface area contributed by atoms with Crippen molar-refractivity contribution in [1.82, 2.24) is 0 Å². The summed E-state index contributed by atoms with van der Waals surface area (Å²) in [5.41, 5.74) is 0. The minimum Gasteiger partial charge on any atom is -0.456 e. The molecule has 25 heavy (non-hydrogen) atoms. The summed E-state index contributed by atoms with van der Waals surface area (Å²) in [5.74, 6) is -3.43. The molecule has 0 radical (unpaired) electrons. The van der Waals surface area contributed by atoms with Gasteiger partial charge in [0.05, 0.1) is 6.10 Å². The Labute approximate surface area is 144 Å². The van der Waals surface area contributed by atoms with Crippen LogP contribution in [0.2, 0.25) is 0 Å². The monoisotopic (exact) mass is 358 g/mol. The Kier molecular flexibility index (Phi) is 7.22. The molecule has 0 aromatic rings. The van der Waals surface area contributed by atoms with E-state index in [1.165, 1.54) is 6.92 Å². The lowest BCUT2D eigenvalue weighted by Crippen LogP contribution is -2.61. The predicted octanol–water partition coefficient (Wildman–Crippen LogP) is 0.117. The molecule has 0 unspecified atom stereocenters. The van der Waals surface area contributed by atoms with Crippen LogP contribution in [0.15, 0.2) is 0 Å². The van der Waals surface area contributed by atoms with E-state index in [1.807, 2.05) is 0 Å². The summed E-state index contributed by atoms with van der Waals surface area (Å²) < 4.78 is 21.1. The SMILES string of the molecule is CC(=O)O[C@@H]1[C@@H](OC(C)=O)[C@H](C)O[C@@H](CC(=O)C(C)=O)[C@@H]1OC(C)=O. The zero-order valence-electron chi connectivity index (χ0n) is 14.8. The summed E-state index contributed by atoms with van der Waals surface area (Å²) in [4.78, 5) is 57.2. The number of ether oxygens (including phenoxy) is 4. The highest BCUT2D eigenvalue weighted by Crippen LogP contribution is 2.30. The number of Topliss-reactive ketones (excluding diaryl/α,β-unsaturated/α-hetero) is 2. The molecule has 0 N–H and O–H groups in total. The Hall–Kier alpha value is -2.29. The first-order chi connectivity index (χ1) is 11.5. The van der Waals surface area contributed by atoms with Gasteiger partial charge in [-0.2, -0.15) is 0 Å². The summed E-state index contributed by atoms with van der Waals surface area (Å²) in [7, 11) is 0. The average molecular weight is 358 g/mol. The second-order valence-corrected chi connectivity index (χ2v) is 5.79. The van der Waals surface area contributed by atoms with E-state index < -0.39 is 60.0 Å². The van der Waals surface area contributed by atoms with Crippen LogP contribution in [-0.2, 0) is 42.9 Å². The quantitative estimate of drug-likeness (QED) is 0.370. The van der Waals surface area contributed by atoms with Gasteiger partial charge in [0.25, 0.3) is 0 Å². The normalized spacial score (nSPS) is 28.6. The molecule has 0 bridgehead atoms. The standard InChI is InChI=1S/C16H22O9/c1-7(17)12(21)6-13-15(24-10(4)19)16(25-11(5)20)14(8(2)22-13)23-9(3)18/h8,13-16H,6H2,1-5H3/t8-,13-,14-,15-,16+/m0/s1. The molecule has 1 rings (SSSR count). The maximum Gasteiger partial charge on any atom is 0.303 e. The molecule has 0 saturated carbocycles. The van der Waals surface area contributed by atoms with E-state index in [0.29, 0.717) is 0 Å². The highest BCUT2D eigenvalue weighted by Gasteiger charge is 2.50. The minimum absolute atomic E-state index is 0.359. The number of hydrogen-bond acceptors (Lipinski definition) is 9. The van der Waals surface area contributed by atoms with Gasteiger partial charge in [-0.05, 0) is 6.92 Å². The lowest BCUT2D eigenvalue weighted by atomic mass is 9.91. The first-order valence-electron chi connectivity index (χ1n) is 7.73. The van der Waals surface area contributed by atoms with E-state index in [9.17, 15) is 24.0 Å². The van der Waals surface area contributed by atoms with Crippen molar-refractivity contribution in [2.24, 2.45) is 0 Å². The summed E-state index contributed by atoms with van der Waals surface area (Å²) in [6.07, 6.45) is -5.54. The third-order valence-electron chi connectivity index (χ3n) is 3.55. The number of carbonyl (C=O) groups excluding carboxylic acids is 5. The smallest absolute Gasteiger partial charge is 0.303 e. The molecule has 0 aromatic heterocycles. The molecule has 5 atom stereocenters. The molecule has 1 fully saturated rings. The highest BCUT2D eigenvalue weighted by molar-refractivity contribution is 6.36. The molecule has 1 aliphatic rings. The number of rotatable bonds is 6. The molecule has 9 heteroatoms. The molecule has 140 valence electrons. The van der Waals surface area contributed by atoms with Crippen molar-refractivity contribution in [2.45, 2.75) is 71.6 Å². The number of carbonyl (C=O) groups is 5. The molecule has 0 aromatic carbocycles. The Bertz CT molecular complexity index is 568. The summed E-state index contributed by atoms with van der Waals surface area (Å²) >= 11 is 0. The van der Waals surface area contributed by atoms with Crippen LogP contribution in [-0.4, -0.2) is 60.0 Å². The van der Waals surface area contributed by atoms with Crippen molar-refractivity contribution in [3.63, 3.8) is 0 Å². The molecule has 0 spiro atoms. The largest absolute Gasteiger partial charge is 0.456 e. The van der Waals surface area contributed by atoms with Crippen LogP contribution in [0.3, 0.4) is 0 Å². The second-order valence-electron chi connectivity index (χ2n) is 5.79. The van der Waals surface area contributed by atoms with Crippen LogP contribution in [0.5, 0.6) is 0 Å². The fourth-order valence-corrected chi connectivity index (χ4v) is 2.60. The van der Waals surface area contributed by atoms with Crippen molar-refractivity contribution in [2.75, 3.05) is 0 Å². The molecule has 0 amide bonds.